The van der Waals surface area contributed by atoms with Crippen molar-refractivity contribution < 1.29 is 9.90 Å². The molecule has 0 bridgehead atoms. The van der Waals surface area contributed by atoms with Gasteiger partial charge in [0.05, 0.1) is 5.56 Å². The first-order valence-corrected chi connectivity index (χ1v) is 6.58. The van der Waals surface area contributed by atoms with Crippen LogP contribution in [0, 0.1) is 17.8 Å². The van der Waals surface area contributed by atoms with Gasteiger partial charge < -0.3 is 10.0 Å². The highest BCUT2D eigenvalue weighted by Crippen LogP contribution is 2.12. The van der Waals surface area contributed by atoms with Crippen molar-refractivity contribution in [3.8, 4) is 11.8 Å². The second kappa shape index (κ2) is 7.60. The number of carbonyl (C=O) groups excluding carboxylic acids is 1. The lowest BCUT2D eigenvalue weighted by Crippen LogP contribution is -2.34. The summed E-state index contributed by atoms with van der Waals surface area (Å²) in [5.41, 5.74) is 1.27. The first-order chi connectivity index (χ1) is 9.10. The molecule has 0 aliphatic carbocycles. The molecule has 3 nitrogen and oxygen atoms in total. The molecule has 0 heterocycles. The molecule has 0 atom stereocenters. The molecule has 0 spiro atoms. The van der Waals surface area contributed by atoms with E-state index < -0.39 is 0 Å². The number of aliphatic hydroxyl groups excluding tert-OH is 1. The summed E-state index contributed by atoms with van der Waals surface area (Å²) >= 11 is 0. The van der Waals surface area contributed by atoms with Crippen molar-refractivity contribution in [3.63, 3.8) is 0 Å². The first-order valence-electron chi connectivity index (χ1n) is 6.58. The summed E-state index contributed by atoms with van der Waals surface area (Å²) in [4.78, 5) is 14.3. The fourth-order valence-electron chi connectivity index (χ4n) is 1.88. The maximum absolute atomic E-state index is 12.5. The van der Waals surface area contributed by atoms with E-state index in [0.717, 1.165) is 6.54 Å². The number of hydrogen-bond acceptors (Lipinski definition) is 2. The summed E-state index contributed by atoms with van der Waals surface area (Å²) in [6.07, 6.45) is 0. The molecule has 3 heteroatoms. The molecule has 19 heavy (non-hydrogen) atoms. The van der Waals surface area contributed by atoms with E-state index in [-0.39, 0.29) is 12.5 Å². The standard InChI is InChI=1S/C16H21NO2/c1-4-17(12-13(2)3)16(19)15-10-6-5-8-14(15)9-7-11-18/h5-6,8,10,13,18H,4,11-12H2,1-3H3. The van der Waals surface area contributed by atoms with Crippen LogP contribution in [0.1, 0.15) is 36.7 Å². The van der Waals surface area contributed by atoms with Gasteiger partial charge in [0.1, 0.15) is 6.61 Å². The predicted molar refractivity (Wildman–Crippen MR) is 76.8 cm³/mol. The molecule has 0 radical (unpaired) electrons. The molecule has 0 aliphatic rings. The largest absolute Gasteiger partial charge is 0.384 e. The topological polar surface area (TPSA) is 40.5 Å². The zero-order valence-corrected chi connectivity index (χ0v) is 11.8. The number of benzene rings is 1. The SMILES string of the molecule is CCN(CC(C)C)C(=O)c1ccccc1C#CCO. The van der Waals surface area contributed by atoms with Gasteiger partial charge in [0.2, 0.25) is 0 Å². The Morgan fingerprint density at radius 1 is 1.37 bits per heavy atom. The highest BCUT2D eigenvalue weighted by atomic mass is 16.2. The third kappa shape index (κ3) is 4.42. The number of hydrogen-bond donors (Lipinski definition) is 1. The van der Waals surface area contributed by atoms with Crippen LogP contribution in [0.2, 0.25) is 0 Å². The van der Waals surface area contributed by atoms with Crippen molar-refractivity contribution in [1.29, 1.82) is 0 Å². The van der Waals surface area contributed by atoms with Gasteiger partial charge in [0.15, 0.2) is 0 Å². The Morgan fingerprint density at radius 2 is 2.05 bits per heavy atom. The van der Waals surface area contributed by atoms with E-state index in [1.807, 2.05) is 24.0 Å². The van der Waals surface area contributed by atoms with E-state index in [4.69, 9.17) is 5.11 Å². The highest BCUT2D eigenvalue weighted by Gasteiger charge is 2.17. The van der Waals surface area contributed by atoms with E-state index in [0.29, 0.717) is 23.6 Å². The molecule has 0 aliphatic heterocycles. The second-order valence-electron chi connectivity index (χ2n) is 4.74. The van der Waals surface area contributed by atoms with Crippen LogP contribution in [-0.2, 0) is 0 Å². The zero-order valence-electron chi connectivity index (χ0n) is 11.8. The van der Waals surface area contributed by atoms with E-state index in [1.165, 1.54) is 0 Å². The van der Waals surface area contributed by atoms with Gasteiger partial charge in [0, 0.05) is 18.7 Å². The molecule has 0 aromatic heterocycles. The van der Waals surface area contributed by atoms with Crippen molar-refractivity contribution in [3.05, 3.63) is 35.4 Å². The van der Waals surface area contributed by atoms with Gasteiger partial charge >= 0.3 is 0 Å². The average molecular weight is 259 g/mol. The summed E-state index contributed by atoms with van der Waals surface area (Å²) in [5.74, 6) is 5.85. The molecule has 1 rings (SSSR count). The summed E-state index contributed by atoms with van der Waals surface area (Å²) in [5, 5.41) is 8.76. The Bertz CT molecular complexity index is 483. The number of rotatable bonds is 4. The van der Waals surface area contributed by atoms with E-state index in [9.17, 15) is 4.79 Å². The molecule has 102 valence electrons. The van der Waals surface area contributed by atoms with E-state index >= 15 is 0 Å². The molecule has 0 saturated carbocycles. The molecule has 1 amide bonds. The molecule has 0 saturated heterocycles. The molecule has 0 fully saturated rings. The van der Waals surface area contributed by atoms with E-state index in [1.54, 1.807) is 12.1 Å². The Kier molecular flexibility index (Phi) is 6.11. The van der Waals surface area contributed by atoms with Crippen molar-refractivity contribution in [2.75, 3.05) is 19.7 Å². The van der Waals surface area contributed by atoms with Crippen LogP contribution in [-0.4, -0.2) is 35.6 Å². The maximum Gasteiger partial charge on any atom is 0.255 e. The van der Waals surface area contributed by atoms with Gasteiger partial charge in [-0.15, -0.1) is 0 Å². The summed E-state index contributed by atoms with van der Waals surface area (Å²) < 4.78 is 0. The van der Waals surface area contributed by atoms with Crippen LogP contribution in [0.3, 0.4) is 0 Å². The molecule has 1 N–H and O–H groups in total. The monoisotopic (exact) mass is 259 g/mol. The molecular weight excluding hydrogens is 238 g/mol. The maximum atomic E-state index is 12.5. The molecule has 1 aromatic carbocycles. The number of carbonyl (C=O) groups is 1. The minimum atomic E-state index is -0.202. The number of aliphatic hydroxyl groups is 1. The molecule has 1 aromatic rings. The van der Waals surface area contributed by atoms with Crippen molar-refractivity contribution in [2.24, 2.45) is 5.92 Å². The third-order valence-electron chi connectivity index (χ3n) is 2.71. The van der Waals surface area contributed by atoms with Crippen LogP contribution in [0.5, 0.6) is 0 Å². The van der Waals surface area contributed by atoms with Crippen molar-refractivity contribution >= 4 is 5.91 Å². The summed E-state index contributed by atoms with van der Waals surface area (Å²) in [7, 11) is 0. The van der Waals surface area contributed by atoms with Gasteiger partial charge in [-0.1, -0.05) is 37.8 Å². The Balaban J connectivity index is 3.04. The van der Waals surface area contributed by atoms with Crippen LogP contribution in [0.15, 0.2) is 24.3 Å². The fourth-order valence-corrected chi connectivity index (χ4v) is 1.88. The van der Waals surface area contributed by atoms with Crippen LogP contribution >= 0.6 is 0 Å². The quantitative estimate of drug-likeness (QED) is 0.842. The minimum absolute atomic E-state index is 0.000889. The van der Waals surface area contributed by atoms with Gasteiger partial charge in [-0.05, 0) is 25.0 Å². The lowest BCUT2D eigenvalue weighted by molar-refractivity contribution is 0.0745. The van der Waals surface area contributed by atoms with Gasteiger partial charge in [-0.3, -0.25) is 4.79 Å². The highest BCUT2D eigenvalue weighted by molar-refractivity contribution is 5.96. The summed E-state index contributed by atoms with van der Waals surface area (Å²) in [6, 6.07) is 7.27. The van der Waals surface area contributed by atoms with Crippen LogP contribution in [0.25, 0.3) is 0 Å². The number of nitrogens with zero attached hydrogens (tertiary/aromatic N) is 1. The van der Waals surface area contributed by atoms with Crippen molar-refractivity contribution in [1.82, 2.24) is 4.90 Å². The van der Waals surface area contributed by atoms with Crippen molar-refractivity contribution in [2.45, 2.75) is 20.8 Å². The Morgan fingerprint density at radius 3 is 2.63 bits per heavy atom. The summed E-state index contributed by atoms with van der Waals surface area (Å²) in [6.45, 7) is 7.37. The first kappa shape index (κ1) is 15.3. The third-order valence-corrected chi connectivity index (χ3v) is 2.71. The number of amides is 1. The van der Waals surface area contributed by atoms with E-state index in [2.05, 4.69) is 25.7 Å². The molecule has 0 unspecified atom stereocenters. The average Bonchev–Trinajstić information content (AvgIpc) is 2.41. The normalized spacial score (nSPS) is 9.95. The smallest absolute Gasteiger partial charge is 0.255 e. The Labute approximate surface area is 115 Å². The minimum Gasteiger partial charge on any atom is -0.384 e. The Hall–Kier alpha value is -1.79. The fraction of sp³-hybridized carbons (Fsp3) is 0.438. The zero-order chi connectivity index (χ0) is 14.3. The van der Waals surface area contributed by atoms with Gasteiger partial charge in [-0.2, -0.15) is 0 Å². The van der Waals surface area contributed by atoms with Crippen LogP contribution in [0.4, 0.5) is 0 Å². The lowest BCUT2D eigenvalue weighted by Gasteiger charge is -2.23. The lowest BCUT2D eigenvalue weighted by atomic mass is 10.1. The van der Waals surface area contributed by atoms with Gasteiger partial charge in [0.25, 0.3) is 5.91 Å². The second-order valence-corrected chi connectivity index (χ2v) is 4.74. The predicted octanol–water partition coefficient (Wildman–Crippen LogP) is 2.15. The molecular formula is C16H21NO2. The van der Waals surface area contributed by atoms with Crippen LogP contribution < -0.4 is 0 Å². The van der Waals surface area contributed by atoms with Gasteiger partial charge in [-0.25, -0.2) is 0 Å².